The lowest BCUT2D eigenvalue weighted by Gasteiger charge is -2.09. The highest BCUT2D eigenvalue weighted by Gasteiger charge is 2.10. The zero-order chi connectivity index (χ0) is 18.4. The molecule has 0 aliphatic carbocycles. The summed E-state index contributed by atoms with van der Waals surface area (Å²) in [5, 5.41) is 0. The van der Waals surface area contributed by atoms with E-state index in [2.05, 4.69) is 26.8 Å². The second-order valence-electron chi connectivity index (χ2n) is 5.72. The van der Waals surface area contributed by atoms with Gasteiger partial charge >= 0.3 is 0 Å². The molecule has 5 heteroatoms. The van der Waals surface area contributed by atoms with Crippen molar-refractivity contribution in [2.45, 2.75) is 6.42 Å². The standard InChI is InChI=1S/C21H17BrN2O2/c22-19-9-5-4-8-18(19)21(26)24-23-20(25)14-15-10-12-17(13-11-15)16-6-2-1-3-7-16/h1-13H,14H2,(H,23,25)(H,24,26). The Bertz CT molecular complexity index is 909. The Labute approximate surface area is 160 Å². The van der Waals surface area contributed by atoms with Gasteiger partial charge in [0, 0.05) is 4.47 Å². The van der Waals surface area contributed by atoms with Crippen molar-refractivity contribution in [2.24, 2.45) is 0 Å². The topological polar surface area (TPSA) is 58.2 Å². The molecule has 0 saturated heterocycles. The molecule has 2 N–H and O–H groups in total. The van der Waals surface area contributed by atoms with Gasteiger partial charge in [0.1, 0.15) is 0 Å². The molecular weight excluding hydrogens is 392 g/mol. The summed E-state index contributed by atoms with van der Waals surface area (Å²) in [6, 6.07) is 24.9. The van der Waals surface area contributed by atoms with Crippen LogP contribution in [-0.2, 0) is 11.2 Å². The number of carbonyl (C=O) groups is 2. The lowest BCUT2D eigenvalue weighted by atomic mass is 10.0. The van der Waals surface area contributed by atoms with Gasteiger partial charge in [-0.3, -0.25) is 20.4 Å². The molecule has 0 unspecified atom stereocenters. The number of nitrogens with one attached hydrogen (secondary N) is 2. The number of benzene rings is 3. The molecule has 0 radical (unpaired) electrons. The van der Waals surface area contributed by atoms with Crippen molar-refractivity contribution in [1.82, 2.24) is 10.9 Å². The molecule has 2 amide bonds. The van der Waals surface area contributed by atoms with Crippen LogP contribution in [0.2, 0.25) is 0 Å². The van der Waals surface area contributed by atoms with Gasteiger partial charge in [-0.15, -0.1) is 0 Å². The van der Waals surface area contributed by atoms with Crippen LogP contribution in [0.3, 0.4) is 0 Å². The van der Waals surface area contributed by atoms with Gasteiger partial charge in [0.25, 0.3) is 5.91 Å². The minimum atomic E-state index is -0.370. The molecule has 0 saturated carbocycles. The van der Waals surface area contributed by atoms with Crippen LogP contribution in [0.5, 0.6) is 0 Å². The van der Waals surface area contributed by atoms with Crippen LogP contribution in [0.25, 0.3) is 11.1 Å². The second-order valence-corrected chi connectivity index (χ2v) is 6.58. The molecule has 0 aromatic heterocycles. The van der Waals surface area contributed by atoms with Crippen molar-refractivity contribution < 1.29 is 9.59 Å². The Morgan fingerprint density at radius 1 is 0.731 bits per heavy atom. The van der Waals surface area contributed by atoms with Gasteiger partial charge in [-0.05, 0) is 44.8 Å². The van der Waals surface area contributed by atoms with Gasteiger partial charge in [0.15, 0.2) is 0 Å². The molecule has 0 bridgehead atoms. The van der Waals surface area contributed by atoms with E-state index >= 15 is 0 Å². The Hall–Kier alpha value is -2.92. The SMILES string of the molecule is O=C(Cc1ccc(-c2ccccc2)cc1)NNC(=O)c1ccccc1Br. The summed E-state index contributed by atoms with van der Waals surface area (Å²) < 4.78 is 0.670. The minimum Gasteiger partial charge on any atom is -0.273 e. The Kier molecular flexibility index (Phi) is 5.81. The molecule has 0 fully saturated rings. The zero-order valence-electron chi connectivity index (χ0n) is 13.9. The van der Waals surface area contributed by atoms with Crippen LogP contribution < -0.4 is 10.9 Å². The van der Waals surface area contributed by atoms with Gasteiger partial charge in [-0.2, -0.15) is 0 Å². The summed E-state index contributed by atoms with van der Waals surface area (Å²) in [4.78, 5) is 24.1. The summed E-state index contributed by atoms with van der Waals surface area (Å²) in [5.74, 6) is -0.650. The molecule has 0 spiro atoms. The largest absolute Gasteiger partial charge is 0.273 e. The smallest absolute Gasteiger partial charge is 0.270 e. The zero-order valence-corrected chi connectivity index (χ0v) is 15.5. The molecule has 130 valence electrons. The summed E-state index contributed by atoms with van der Waals surface area (Å²) in [6.45, 7) is 0. The van der Waals surface area contributed by atoms with Crippen LogP contribution in [0.1, 0.15) is 15.9 Å². The molecule has 4 nitrogen and oxygen atoms in total. The fraction of sp³-hybridized carbons (Fsp3) is 0.0476. The maximum atomic E-state index is 12.1. The number of carbonyl (C=O) groups excluding carboxylic acids is 2. The first-order chi connectivity index (χ1) is 12.6. The molecule has 0 atom stereocenters. The summed E-state index contributed by atoms with van der Waals surface area (Å²) in [7, 11) is 0. The van der Waals surface area contributed by atoms with Crippen molar-refractivity contribution >= 4 is 27.7 Å². The van der Waals surface area contributed by atoms with Crippen molar-refractivity contribution in [3.8, 4) is 11.1 Å². The molecule has 0 aliphatic rings. The fourth-order valence-corrected chi connectivity index (χ4v) is 2.98. The highest BCUT2D eigenvalue weighted by molar-refractivity contribution is 9.10. The van der Waals surface area contributed by atoms with Crippen LogP contribution in [0.15, 0.2) is 83.3 Å². The second kappa shape index (κ2) is 8.45. The molecule has 0 aliphatic heterocycles. The van der Waals surface area contributed by atoms with E-state index < -0.39 is 0 Å². The number of hydrogen-bond donors (Lipinski definition) is 2. The monoisotopic (exact) mass is 408 g/mol. The van der Waals surface area contributed by atoms with Gasteiger partial charge < -0.3 is 0 Å². The first-order valence-electron chi connectivity index (χ1n) is 8.11. The van der Waals surface area contributed by atoms with E-state index in [0.29, 0.717) is 10.0 Å². The maximum absolute atomic E-state index is 12.1. The summed E-state index contributed by atoms with van der Waals surface area (Å²) >= 11 is 3.31. The fourth-order valence-electron chi connectivity index (χ4n) is 2.51. The van der Waals surface area contributed by atoms with Gasteiger partial charge in [-0.1, -0.05) is 66.7 Å². The Morgan fingerprint density at radius 2 is 1.35 bits per heavy atom. The number of hydrogen-bond acceptors (Lipinski definition) is 2. The predicted molar refractivity (Wildman–Crippen MR) is 105 cm³/mol. The minimum absolute atomic E-state index is 0.186. The van der Waals surface area contributed by atoms with E-state index in [9.17, 15) is 9.59 Å². The van der Waals surface area contributed by atoms with Gasteiger partial charge in [-0.25, -0.2) is 0 Å². The molecule has 3 aromatic rings. The van der Waals surface area contributed by atoms with Crippen LogP contribution >= 0.6 is 15.9 Å². The average Bonchev–Trinajstić information content (AvgIpc) is 2.68. The quantitative estimate of drug-likeness (QED) is 0.637. The number of hydrazine groups is 1. The van der Waals surface area contributed by atoms with E-state index in [1.165, 1.54) is 0 Å². The Balaban J connectivity index is 1.55. The molecule has 26 heavy (non-hydrogen) atoms. The van der Waals surface area contributed by atoms with Gasteiger partial charge in [0.2, 0.25) is 5.91 Å². The van der Waals surface area contributed by atoms with Crippen LogP contribution in [-0.4, -0.2) is 11.8 Å². The van der Waals surface area contributed by atoms with Crippen molar-refractivity contribution in [1.29, 1.82) is 0 Å². The van der Waals surface area contributed by atoms with Crippen LogP contribution in [0.4, 0.5) is 0 Å². The highest BCUT2D eigenvalue weighted by atomic mass is 79.9. The van der Waals surface area contributed by atoms with Crippen molar-refractivity contribution in [3.63, 3.8) is 0 Å². The van der Waals surface area contributed by atoms with E-state index in [4.69, 9.17) is 0 Å². The number of amides is 2. The molecule has 3 aromatic carbocycles. The van der Waals surface area contributed by atoms with E-state index in [1.807, 2.05) is 60.7 Å². The molecule has 0 heterocycles. The first-order valence-corrected chi connectivity index (χ1v) is 8.91. The molecule has 3 rings (SSSR count). The lowest BCUT2D eigenvalue weighted by molar-refractivity contribution is -0.121. The number of rotatable bonds is 4. The van der Waals surface area contributed by atoms with E-state index in [0.717, 1.165) is 16.7 Å². The predicted octanol–water partition coefficient (Wildman–Crippen LogP) is 4.12. The van der Waals surface area contributed by atoms with E-state index in [1.54, 1.807) is 18.2 Å². The maximum Gasteiger partial charge on any atom is 0.270 e. The summed E-state index contributed by atoms with van der Waals surface area (Å²) in [5.41, 5.74) is 8.43. The van der Waals surface area contributed by atoms with E-state index in [-0.39, 0.29) is 18.2 Å². The third-order valence-corrected chi connectivity index (χ3v) is 4.55. The third-order valence-electron chi connectivity index (χ3n) is 3.86. The highest BCUT2D eigenvalue weighted by Crippen LogP contribution is 2.19. The molecular formula is C21H17BrN2O2. The first kappa shape index (κ1) is 17.9. The van der Waals surface area contributed by atoms with Crippen molar-refractivity contribution in [2.75, 3.05) is 0 Å². The summed E-state index contributed by atoms with van der Waals surface area (Å²) in [6.07, 6.45) is 0.186. The van der Waals surface area contributed by atoms with Crippen molar-refractivity contribution in [3.05, 3.63) is 94.5 Å². The average molecular weight is 409 g/mol. The lowest BCUT2D eigenvalue weighted by Crippen LogP contribution is -2.42. The number of halogens is 1. The Morgan fingerprint density at radius 3 is 2.04 bits per heavy atom. The normalized spacial score (nSPS) is 10.2. The third kappa shape index (κ3) is 4.58. The van der Waals surface area contributed by atoms with Crippen LogP contribution in [0, 0.1) is 0 Å². The van der Waals surface area contributed by atoms with Gasteiger partial charge in [0.05, 0.1) is 12.0 Å².